The Hall–Kier alpha value is -1.84. The van der Waals surface area contributed by atoms with Crippen LogP contribution in [0.4, 0.5) is 0 Å². The van der Waals surface area contributed by atoms with Crippen molar-refractivity contribution in [3.05, 3.63) is 35.9 Å². The van der Waals surface area contributed by atoms with Crippen molar-refractivity contribution in [1.29, 1.82) is 0 Å². The van der Waals surface area contributed by atoms with Crippen molar-refractivity contribution in [1.82, 2.24) is 4.90 Å². The zero-order chi connectivity index (χ0) is 13.8. The number of hydrogen-bond acceptors (Lipinski definition) is 2. The number of amides is 2. The molecule has 1 aromatic carbocycles. The lowest BCUT2D eigenvalue weighted by atomic mass is 9.98. The normalized spacial score (nSPS) is 20.6. The molecule has 1 saturated heterocycles. The predicted molar refractivity (Wildman–Crippen MR) is 73.2 cm³/mol. The van der Waals surface area contributed by atoms with Crippen LogP contribution in [-0.2, 0) is 16.0 Å². The molecule has 0 radical (unpaired) electrons. The molecule has 1 aliphatic heterocycles. The highest BCUT2D eigenvalue weighted by Crippen LogP contribution is 2.24. The number of primary amides is 1. The minimum Gasteiger partial charge on any atom is -0.368 e. The molecule has 1 unspecified atom stereocenters. The van der Waals surface area contributed by atoms with Crippen molar-refractivity contribution in [3.8, 4) is 0 Å². The summed E-state index contributed by atoms with van der Waals surface area (Å²) in [6.45, 7) is 2.52. The van der Waals surface area contributed by atoms with Gasteiger partial charge in [-0.05, 0) is 24.8 Å². The Morgan fingerprint density at radius 2 is 2.11 bits per heavy atom. The van der Waals surface area contributed by atoms with Gasteiger partial charge in [0.1, 0.15) is 6.04 Å². The van der Waals surface area contributed by atoms with Crippen LogP contribution in [0.15, 0.2) is 30.3 Å². The van der Waals surface area contributed by atoms with Gasteiger partial charge in [0.05, 0.1) is 0 Å². The average molecular weight is 260 g/mol. The molecule has 2 N–H and O–H groups in total. The Morgan fingerprint density at radius 1 is 1.42 bits per heavy atom. The van der Waals surface area contributed by atoms with Crippen LogP contribution in [0.3, 0.4) is 0 Å². The minimum absolute atomic E-state index is 0.0178. The molecule has 1 aromatic rings. The Labute approximate surface area is 113 Å². The second kappa shape index (κ2) is 5.87. The molecule has 1 aliphatic rings. The molecular formula is C15H20N2O2. The first kappa shape index (κ1) is 13.6. The van der Waals surface area contributed by atoms with E-state index in [1.807, 2.05) is 37.3 Å². The molecule has 0 bridgehead atoms. The third-order valence-electron chi connectivity index (χ3n) is 3.77. The van der Waals surface area contributed by atoms with Crippen LogP contribution in [0.1, 0.15) is 25.3 Å². The summed E-state index contributed by atoms with van der Waals surface area (Å²) in [6.07, 6.45) is 2.13. The highest BCUT2D eigenvalue weighted by molar-refractivity contribution is 5.88. The summed E-state index contributed by atoms with van der Waals surface area (Å²) in [5.74, 6) is -0.360. The molecule has 0 saturated carbocycles. The molecule has 4 nitrogen and oxygen atoms in total. The number of hydrogen-bond donors (Lipinski definition) is 1. The standard InChI is InChI=1S/C15H20N2O2/c1-2-13(14(16)18)17-9-8-12(15(17)19)10-11-6-4-3-5-7-11/h3-7,12-13H,2,8-10H2,1H3,(H2,16,18)/t12?,13-/m0/s1. The highest BCUT2D eigenvalue weighted by Gasteiger charge is 2.37. The summed E-state index contributed by atoms with van der Waals surface area (Å²) in [5, 5.41) is 0. The van der Waals surface area contributed by atoms with Gasteiger partial charge in [-0.25, -0.2) is 0 Å². The molecule has 4 heteroatoms. The van der Waals surface area contributed by atoms with Crippen LogP contribution in [0.25, 0.3) is 0 Å². The van der Waals surface area contributed by atoms with Crippen molar-refractivity contribution in [2.24, 2.45) is 11.7 Å². The van der Waals surface area contributed by atoms with Crippen LogP contribution in [0, 0.1) is 5.92 Å². The lowest BCUT2D eigenvalue weighted by Crippen LogP contribution is -2.45. The Bertz CT molecular complexity index is 458. The van der Waals surface area contributed by atoms with E-state index in [-0.39, 0.29) is 11.8 Å². The smallest absolute Gasteiger partial charge is 0.240 e. The van der Waals surface area contributed by atoms with Gasteiger partial charge in [0.25, 0.3) is 0 Å². The fourth-order valence-electron chi connectivity index (χ4n) is 2.74. The lowest BCUT2D eigenvalue weighted by molar-refractivity contribution is -0.138. The highest BCUT2D eigenvalue weighted by atomic mass is 16.2. The van der Waals surface area contributed by atoms with Crippen molar-refractivity contribution in [2.75, 3.05) is 6.54 Å². The Kier molecular flexibility index (Phi) is 4.20. The maximum Gasteiger partial charge on any atom is 0.240 e. The lowest BCUT2D eigenvalue weighted by Gasteiger charge is -2.24. The van der Waals surface area contributed by atoms with Crippen LogP contribution in [0.5, 0.6) is 0 Å². The van der Waals surface area contributed by atoms with Gasteiger partial charge in [-0.15, -0.1) is 0 Å². The molecule has 0 aromatic heterocycles. The summed E-state index contributed by atoms with van der Waals surface area (Å²) in [7, 11) is 0. The molecule has 2 atom stereocenters. The number of likely N-dealkylation sites (tertiary alicyclic amines) is 1. The molecular weight excluding hydrogens is 240 g/mol. The molecule has 1 heterocycles. The second-order valence-corrected chi connectivity index (χ2v) is 5.03. The monoisotopic (exact) mass is 260 g/mol. The summed E-state index contributed by atoms with van der Waals surface area (Å²) in [4.78, 5) is 25.3. The largest absolute Gasteiger partial charge is 0.368 e. The molecule has 1 fully saturated rings. The van der Waals surface area contributed by atoms with E-state index in [1.54, 1.807) is 4.90 Å². The van der Waals surface area contributed by atoms with E-state index in [4.69, 9.17) is 5.73 Å². The fraction of sp³-hybridized carbons (Fsp3) is 0.467. The van der Waals surface area contributed by atoms with Gasteiger partial charge in [-0.1, -0.05) is 37.3 Å². The van der Waals surface area contributed by atoms with Gasteiger partial charge >= 0.3 is 0 Å². The van der Waals surface area contributed by atoms with Gasteiger partial charge in [0.2, 0.25) is 11.8 Å². The van der Waals surface area contributed by atoms with Gasteiger partial charge in [0, 0.05) is 12.5 Å². The Morgan fingerprint density at radius 3 is 2.68 bits per heavy atom. The number of nitrogens with two attached hydrogens (primary N) is 1. The zero-order valence-corrected chi connectivity index (χ0v) is 11.2. The van der Waals surface area contributed by atoms with Crippen LogP contribution in [0.2, 0.25) is 0 Å². The predicted octanol–water partition coefficient (Wildman–Crippen LogP) is 1.34. The molecule has 0 aliphatic carbocycles. The van der Waals surface area contributed by atoms with Gasteiger partial charge in [-0.3, -0.25) is 9.59 Å². The maximum atomic E-state index is 12.3. The van der Waals surface area contributed by atoms with E-state index in [2.05, 4.69) is 0 Å². The molecule has 2 amide bonds. The van der Waals surface area contributed by atoms with E-state index in [9.17, 15) is 9.59 Å². The van der Waals surface area contributed by atoms with E-state index in [0.29, 0.717) is 13.0 Å². The first-order valence-corrected chi connectivity index (χ1v) is 6.77. The number of carbonyl (C=O) groups excluding carboxylic acids is 2. The van der Waals surface area contributed by atoms with Crippen LogP contribution < -0.4 is 5.73 Å². The van der Waals surface area contributed by atoms with Crippen molar-refractivity contribution >= 4 is 11.8 Å². The van der Waals surface area contributed by atoms with Gasteiger partial charge in [-0.2, -0.15) is 0 Å². The van der Waals surface area contributed by atoms with E-state index < -0.39 is 11.9 Å². The number of benzene rings is 1. The number of rotatable bonds is 5. The quantitative estimate of drug-likeness (QED) is 0.868. The molecule has 2 rings (SSSR count). The molecule has 19 heavy (non-hydrogen) atoms. The first-order valence-electron chi connectivity index (χ1n) is 6.77. The third kappa shape index (κ3) is 2.95. The Balaban J connectivity index is 2.04. The first-order chi connectivity index (χ1) is 9.13. The number of carbonyl (C=O) groups is 2. The topological polar surface area (TPSA) is 63.4 Å². The summed E-state index contributed by atoms with van der Waals surface area (Å²) in [5.41, 5.74) is 6.52. The fourth-order valence-corrected chi connectivity index (χ4v) is 2.74. The van der Waals surface area contributed by atoms with E-state index >= 15 is 0 Å². The van der Waals surface area contributed by atoms with Gasteiger partial charge < -0.3 is 10.6 Å². The summed E-state index contributed by atoms with van der Waals surface area (Å²) < 4.78 is 0. The van der Waals surface area contributed by atoms with Crippen molar-refractivity contribution in [3.63, 3.8) is 0 Å². The maximum absolute atomic E-state index is 12.3. The third-order valence-corrected chi connectivity index (χ3v) is 3.77. The van der Waals surface area contributed by atoms with Gasteiger partial charge in [0.15, 0.2) is 0 Å². The van der Waals surface area contributed by atoms with E-state index in [0.717, 1.165) is 18.4 Å². The number of nitrogens with zero attached hydrogens (tertiary/aromatic N) is 1. The summed E-state index contributed by atoms with van der Waals surface area (Å²) in [6, 6.07) is 9.53. The zero-order valence-electron chi connectivity index (χ0n) is 11.2. The van der Waals surface area contributed by atoms with Crippen molar-refractivity contribution < 1.29 is 9.59 Å². The summed E-state index contributed by atoms with van der Waals surface area (Å²) >= 11 is 0. The SMILES string of the molecule is CC[C@@H](C(N)=O)N1CCC(Cc2ccccc2)C1=O. The van der Waals surface area contributed by atoms with E-state index in [1.165, 1.54) is 0 Å². The van der Waals surface area contributed by atoms with Crippen molar-refractivity contribution in [2.45, 2.75) is 32.2 Å². The average Bonchev–Trinajstić information content (AvgIpc) is 2.74. The minimum atomic E-state index is -0.451. The second-order valence-electron chi connectivity index (χ2n) is 5.03. The van der Waals surface area contributed by atoms with Crippen LogP contribution in [-0.4, -0.2) is 29.3 Å². The molecule has 0 spiro atoms. The molecule has 102 valence electrons. The van der Waals surface area contributed by atoms with Crippen LogP contribution >= 0.6 is 0 Å².